The number of carbonyl (C=O) groups excluding carboxylic acids is 1. The maximum absolute atomic E-state index is 11.5. The summed E-state index contributed by atoms with van der Waals surface area (Å²) in [6.07, 6.45) is 1.52. The van der Waals surface area contributed by atoms with Gasteiger partial charge in [0.1, 0.15) is 6.54 Å². The molecule has 0 bridgehead atoms. The topological polar surface area (TPSA) is 85.8 Å². The molecular weight excluding hydrogens is 302 g/mol. The molecule has 1 N–H and O–H groups in total. The molecule has 8 heteroatoms. The van der Waals surface area contributed by atoms with Gasteiger partial charge in [-0.1, -0.05) is 22.5 Å². The Labute approximate surface area is 111 Å². The van der Waals surface area contributed by atoms with Crippen LogP contribution in [-0.2, 0) is 11.3 Å². The largest absolute Gasteiger partial charge is 0.461 e. The quantitative estimate of drug-likeness (QED) is 0.888. The van der Waals surface area contributed by atoms with Gasteiger partial charge in [0.05, 0.1) is 6.26 Å². The van der Waals surface area contributed by atoms with E-state index in [9.17, 15) is 4.79 Å². The van der Waals surface area contributed by atoms with Crippen molar-refractivity contribution in [2.75, 3.05) is 6.54 Å². The van der Waals surface area contributed by atoms with Gasteiger partial charge in [-0.15, -0.1) is 10.2 Å². The van der Waals surface area contributed by atoms with Crippen LogP contribution >= 0.6 is 15.9 Å². The summed E-state index contributed by atoms with van der Waals surface area (Å²) in [6.45, 7) is 3.96. The number of aromatic nitrogens is 4. The molecular formula is C10H10BrN5O2. The zero-order valence-corrected chi connectivity index (χ0v) is 10.9. The zero-order valence-electron chi connectivity index (χ0n) is 9.34. The summed E-state index contributed by atoms with van der Waals surface area (Å²) in [6, 6.07) is 3.45. The lowest BCUT2D eigenvalue weighted by atomic mass is 10.4. The van der Waals surface area contributed by atoms with Gasteiger partial charge in [0, 0.05) is 11.0 Å². The molecule has 0 aromatic carbocycles. The maximum atomic E-state index is 11.5. The highest BCUT2D eigenvalue weighted by molar-refractivity contribution is 9.11. The van der Waals surface area contributed by atoms with E-state index in [0.717, 1.165) is 0 Å². The normalized spacial score (nSPS) is 10.3. The van der Waals surface area contributed by atoms with E-state index in [4.69, 9.17) is 4.42 Å². The van der Waals surface area contributed by atoms with Gasteiger partial charge < -0.3 is 9.73 Å². The number of tetrazole rings is 1. The molecule has 0 saturated heterocycles. The van der Waals surface area contributed by atoms with Crippen molar-refractivity contribution < 1.29 is 9.21 Å². The Kier molecular flexibility index (Phi) is 3.88. The monoisotopic (exact) mass is 311 g/mol. The number of furan rings is 1. The molecule has 7 nitrogen and oxygen atoms in total. The third-order valence-corrected chi connectivity index (χ3v) is 2.24. The first kappa shape index (κ1) is 12.5. The average molecular weight is 312 g/mol. The molecule has 0 aliphatic carbocycles. The van der Waals surface area contributed by atoms with Crippen LogP contribution in [0.25, 0.3) is 11.6 Å². The third-order valence-electron chi connectivity index (χ3n) is 1.96. The fraction of sp³-hybridized carbons (Fsp3) is 0.200. The molecule has 0 spiro atoms. The second kappa shape index (κ2) is 5.58. The summed E-state index contributed by atoms with van der Waals surface area (Å²) in [7, 11) is 0. The van der Waals surface area contributed by atoms with Gasteiger partial charge in [-0.2, -0.15) is 4.80 Å². The van der Waals surface area contributed by atoms with Crippen LogP contribution in [0.5, 0.6) is 0 Å². The molecule has 0 aliphatic heterocycles. The molecule has 1 amide bonds. The fourth-order valence-corrected chi connectivity index (χ4v) is 1.33. The van der Waals surface area contributed by atoms with Gasteiger partial charge in [-0.3, -0.25) is 4.79 Å². The van der Waals surface area contributed by atoms with Crippen LogP contribution < -0.4 is 5.32 Å². The van der Waals surface area contributed by atoms with Crippen molar-refractivity contribution >= 4 is 21.8 Å². The predicted octanol–water partition coefficient (Wildman–Crippen LogP) is 0.958. The first-order valence-corrected chi connectivity index (χ1v) is 5.86. The second-order valence-corrected chi connectivity index (χ2v) is 4.54. The molecule has 0 saturated carbocycles. The third kappa shape index (κ3) is 3.27. The van der Waals surface area contributed by atoms with Gasteiger partial charge in [-0.05, 0) is 17.3 Å². The van der Waals surface area contributed by atoms with E-state index in [2.05, 4.69) is 43.2 Å². The molecule has 2 heterocycles. The minimum absolute atomic E-state index is 0.00596. The summed E-state index contributed by atoms with van der Waals surface area (Å²) in [4.78, 5) is 12.7. The van der Waals surface area contributed by atoms with Crippen molar-refractivity contribution in [2.45, 2.75) is 6.54 Å². The molecule has 2 aromatic rings. The number of nitrogens with zero attached hydrogens (tertiary/aromatic N) is 4. The van der Waals surface area contributed by atoms with Crippen LogP contribution in [-0.4, -0.2) is 32.7 Å². The fourth-order valence-electron chi connectivity index (χ4n) is 1.19. The molecule has 0 atom stereocenters. The lowest BCUT2D eigenvalue weighted by Crippen LogP contribution is -2.29. The number of halogens is 1. The van der Waals surface area contributed by atoms with Crippen LogP contribution in [0.3, 0.4) is 0 Å². The van der Waals surface area contributed by atoms with Gasteiger partial charge >= 0.3 is 0 Å². The molecule has 0 fully saturated rings. The van der Waals surface area contributed by atoms with Crippen LogP contribution in [0, 0.1) is 0 Å². The van der Waals surface area contributed by atoms with Crippen LogP contribution in [0.4, 0.5) is 0 Å². The van der Waals surface area contributed by atoms with Gasteiger partial charge in [-0.25, -0.2) is 0 Å². The second-order valence-electron chi connectivity index (χ2n) is 3.41. The maximum Gasteiger partial charge on any atom is 0.243 e. The van der Waals surface area contributed by atoms with Gasteiger partial charge in [0.25, 0.3) is 0 Å². The van der Waals surface area contributed by atoms with Crippen molar-refractivity contribution in [3.8, 4) is 11.6 Å². The van der Waals surface area contributed by atoms with Crippen LogP contribution in [0.1, 0.15) is 0 Å². The summed E-state index contributed by atoms with van der Waals surface area (Å²) < 4.78 is 5.81. The lowest BCUT2D eigenvalue weighted by molar-refractivity contribution is -0.121. The Morgan fingerprint density at radius 1 is 1.61 bits per heavy atom. The van der Waals surface area contributed by atoms with E-state index in [1.54, 1.807) is 12.1 Å². The van der Waals surface area contributed by atoms with E-state index >= 15 is 0 Å². The first-order chi connectivity index (χ1) is 8.65. The van der Waals surface area contributed by atoms with Crippen molar-refractivity contribution in [1.82, 2.24) is 25.5 Å². The summed E-state index contributed by atoms with van der Waals surface area (Å²) in [5.74, 6) is 0.632. The zero-order chi connectivity index (χ0) is 13.0. The minimum Gasteiger partial charge on any atom is -0.461 e. The number of hydrogen-bond acceptors (Lipinski definition) is 5. The lowest BCUT2D eigenvalue weighted by Gasteiger charge is -2.01. The number of rotatable bonds is 5. The first-order valence-electron chi connectivity index (χ1n) is 5.07. The van der Waals surface area contributed by atoms with Crippen molar-refractivity contribution in [3.05, 3.63) is 29.5 Å². The van der Waals surface area contributed by atoms with Crippen molar-refractivity contribution in [3.63, 3.8) is 0 Å². The number of hydrogen-bond donors (Lipinski definition) is 1. The van der Waals surface area contributed by atoms with E-state index in [-0.39, 0.29) is 12.5 Å². The molecule has 0 aliphatic rings. The minimum atomic E-state index is -0.223. The Hall–Kier alpha value is -1.96. The smallest absolute Gasteiger partial charge is 0.243 e. The Bertz CT molecular complexity index is 548. The van der Waals surface area contributed by atoms with Crippen molar-refractivity contribution in [2.24, 2.45) is 0 Å². The molecule has 0 unspecified atom stereocenters. The number of nitrogens with one attached hydrogen (secondary N) is 1. The van der Waals surface area contributed by atoms with Crippen LogP contribution in [0.2, 0.25) is 0 Å². The predicted molar refractivity (Wildman–Crippen MR) is 66.6 cm³/mol. The van der Waals surface area contributed by atoms with Gasteiger partial charge in [0.15, 0.2) is 5.76 Å². The number of amides is 1. The summed E-state index contributed by atoms with van der Waals surface area (Å²) in [5, 5.41) is 14.2. The molecule has 94 valence electrons. The molecule has 2 aromatic heterocycles. The standard InChI is InChI=1S/C10H10BrN5O2/c1-7(11)5-12-9(17)6-16-14-10(13-15-16)8-3-2-4-18-8/h2-4H,1,5-6H2,(H,12,17). The average Bonchev–Trinajstić information content (AvgIpc) is 2.95. The molecule has 0 radical (unpaired) electrons. The van der Waals surface area contributed by atoms with E-state index < -0.39 is 0 Å². The van der Waals surface area contributed by atoms with E-state index in [1.807, 2.05) is 0 Å². The Balaban J connectivity index is 1.95. The van der Waals surface area contributed by atoms with Gasteiger partial charge in [0.2, 0.25) is 11.7 Å². The Morgan fingerprint density at radius 3 is 3.11 bits per heavy atom. The van der Waals surface area contributed by atoms with Crippen LogP contribution in [0.15, 0.2) is 33.9 Å². The van der Waals surface area contributed by atoms with Crippen molar-refractivity contribution in [1.29, 1.82) is 0 Å². The van der Waals surface area contributed by atoms with E-state index in [1.165, 1.54) is 11.1 Å². The molecule has 18 heavy (non-hydrogen) atoms. The summed E-state index contributed by atoms with van der Waals surface area (Å²) in [5.41, 5.74) is 0. The highest BCUT2D eigenvalue weighted by Gasteiger charge is 2.10. The highest BCUT2D eigenvalue weighted by Crippen LogP contribution is 2.12. The number of carbonyl (C=O) groups is 1. The highest BCUT2D eigenvalue weighted by atomic mass is 79.9. The molecule has 2 rings (SSSR count). The Morgan fingerprint density at radius 2 is 2.44 bits per heavy atom. The SMILES string of the molecule is C=C(Br)CNC(=O)Cn1nnc(-c2ccco2)n1. The summed E-state index contributed by atoms with van der Waals surface area (Å²) >= 11 is 3.15. The van der Waals surface area contributed by atoms with E-state index in [0.29, 0.717) is 22.6 Å².